The molecule has 77 heavy (non-hydrogen) atoms. The third-order valence-corrected chi connectivity index (χ3v) is 17.1. The molecule has 3 heteroatoms. The molecule has 14 aromatic rings. The zero-order valence-electron chi connectivity index (χ0n) is 42.6. The predicted molar refractivity (Wildman–Crippen MR) is 319 cm³/mol. The number of furan rings is 2. The average molecular weight is 984 g/mol. The minimum absolute atomic E-state index is 0.103. The summed E-state index contributed by atoms with van der Waals surface area (Å²) in [4.78, 5) is 2.42. The molecule has 0 spiro atoms. The number of fused-ring (bicyclic) bond motifs is 15. The van der Waals surface area contributed by atoms with Crippen LogP contribution >= 0.6 is 0 Å². The van der Waals surface area contributed by atoms with Gasteiger partial charge in [-0.15, -0.1) is 0 Å². The minimum atomic E-state index is -0.752. The van der Waals surface area contributed by atoms with Crippen LogP contribution in [-0.4, -0.2) is 0 Å². The number of benzene rings is 12. The van der Waals surface area contributed by atoms with Crippen molar-refractivity contribution in [2.75, 3.05) is 4.90 Å². The van der Waals surface area contributed by atoms with E-state index in [0.717, 1.165) is 83.2 Å². The van der Waals surface area contributed by atoms with Gasteiger partial charge in [-0.3, -0.25) is 0 Å². The van der Waals surface area contributed by atoms with Crippen LogP contribution in [0, 0.1) is 0 Å². The summed E-state index contributed by atoms with van der Waals surface area (Å²) in [7, 11) is 0. The van der Waals surface area contributed by atoms with Crippen LogP contribution < -0.4 is 4.90 Å². The molecule has 12 aromatic carbocycles. The molecule has 0 N–H and O–H groups in total. The van der Waals surface area contributed by atoms with E-state index in [2.05, 4.69) is 280 Å². The molecule has 0 unspecified atom stereocenters. The molecule has 0 saturated carbocycles. The predicted octanol–water partition coefficient (Wildman–Crippen LogP) is 20.1. The number of anilines is 3. The van der Waals surface area contributed by atoms with Gasteiger partial charge in [-0.1, -0.05) is 220 Å². The fourth-order valence-corrected chi connectivity index (χ4v) is 13.6. The largest absolute Gasteiger partial charge is 0.455 e. The molecule has 0 aliphatic heterocycles. The third-order valence-electron chi connectivity index (χ3n) is 17.1. The maximum Gasteiger partial charge on any atom is 0.160 e. The lowest BCUT2D eigenvalue weighted by atomic mass is 9.67. The Labute approximate surface area is 446 Å². The van der Waals surface area contributed by atoms with E-state index in [1.807, 2.05) is 0 Å². The maximum absolute atomic E-state index is 7.34. The molecule has 16 rings (SSSR count). The fourth-order valence-electron chi connectivity index (χ4n) is 13.6. The summed E-state index contributed by atoms with van der Waals surface area (Å²) in [6, 6.07) is 95.6. The van der Waals surface area contributed by atoms with E-state index >= 15 is 0 Å². The van der Waals surface area contributed by atoms with Crippen LogP contribution in [0.2, 0.25) is 0 Å². The standard InChI is InChI=1S/C74H49NO2/c1-73(2)61-26-14-11-23-56(61)57-40-35-51(44-63(57)73)48-33-38-55(39-34-48)75(54-36-31-47(32-37-54)50-30-29-46-17-9-10-18-49(46)43-50)65-45-64-69(68-60-25-13-16-28-67(60)77-72(65)68)70-62(42-41-59-58-24-12-15-27-66(58)76-71(59)70)74(64,52-19-5-3-6-20-52)53-21-7-4-8-22-53/h3-45H,1-2H3. The van der Waals surface area contributed by atoms with Crippen LogP contribution in [0.4, 0.5) is 17.1 Å². The molecule has 0 radical (unpaired) electrons. The van der Waals surface area contributed by atoms with E-state index < -0.39 is 5.41 Å². The lowest BCUT2D eigenvalue weighted by Crippen LogP contribution is -2.28. The van der Waals surface area contributed by atoms with Gasteiger partial charge in [0, 0.05) is 49.5 Å². The number of hydrogen-bond acceptors (Lipinski definition) is 3. The number of hydrogen-bond donors (Lipinski definition) is 0. The van der Waals surface area contributed by atoms with Crippen molar-refractivity contribution in [2.45, 2.75) is 24.7 Å². The van der Waals surface area contributed by atoms with E-state index in [1.54, 1.807) is 0 Å². The molecule has 3 nitrogen and oxygen atoms in total. The van der Waals surface area contributed by atoms with Crippen molar-refractivity contribution >= 4 is 71.7 Å². The smallest absolute Gasteiger partial charge is 0.160 e. The first-order chi connectivity index (χ1) is 37.9. The summed E-state index contributed by atoms with van der Waals surface area (Å²) in [6.45, 7) is 4.70. The lowest BCUT2D eigenvalue weighted by molar-refractivity contribution is 0.660. The lowest BCUT2D eigenvalue weighted by Gasteiger charge is -2.35. The van der Waals surface area contributed by atoms with Gasteiger partial charge in [0.15, 0.2) is 5.58 Å². The van der Waals surface area contributed by atoms with Crippen LogP contribution in [0.5, 0.6) is 0 Å². The second kappa shape index (κ2) is 16.4. The Balaban J connectivity index is 0.972. The highest BCUT2D eigenvalue weighted by atomic mass is 16.3. The normalized spacial score (nSPS) is 13.8. The van der Waals surface area contributed by atoms with Crippen molar-refractivity contribution in [3.8, 4) is 44.5 Å². The molecule has 362 valence electrons. The summed E-state index contributed by atoms with van der Waals surface area (Å²) < 4.78 is 14.4. The highest BCUT2D eigenvalue weighted by Crippen LogP contribution is 2.63. The summed E-state index contributed by atoms with van der Waals surface area (Å²) in [5.41, 5.74) is 22.5. The van der Waals surface area contributed by atoms with Gasteiger partial charge < -0.3 is 13.7 Å². The number of nitrogens with zero attached hydrogens (tertiary/aromatic N) is 1. The molecule has 0 amide bonds. The molecule has 0 fully saturated rings. The topological polar surface area (TPSA) is 29.5 Å². The van der Waals surface area contributed by atoms with Gasteiger partial charge in [0.2, 0.25) is 0 Å². The molecule has 0 saturated heterocycles. The highest BCUT2D eigenvalue weighted by Gasteiger charge is 2.49. The summed E-state index contributed by atoms with van der Waals surface area (Å²) >= 11 is 0. The van der Waals surface area contributed by atoms with Crippen LogP contribution in [0.3, 0.4) is 0 Å². The zero-order valence-corrected chi connectivity index (χ0v) is 42.6. The summed E-state index contributed by atoms with van der Waals surface area (Å²) in [5, 5.41) is 6.76. The Morgan fingerprint density at radius 2 is 0.883 bits per heavy atom. The molecular formula is C74H49NO2. The zero-order chi connectivity index (χ0) is 51.0. The Hall–Kier alpha value is -9.70. The molecule has 2 heterocycles. The monoisotopic (exact) mass is 983 g/mol. The van der Waals surface area contributed by atoms with E-state index in [9.17, 15) is 0 Å². The maximum atomic E-state index is 7.34. The third kappa shape index (κ3) is 6.26. The van der Waals surface area contributed by atoms with Gasteiger partial charge in [0.05, 0.1) is 11.1 Å². The summed E-state index contributed by atoms with van der Waals surface area (Å²) in [5.74, 6) is 0. The second-order valence-corrected chi connectivity index (χ2v) is 21.5. The minimum Gasteiger partial charge on any atom is -0.455 e. The molecule has 2 aromatic heterocycles. The van der Waals surface area contributed by atoms with Crippen molar-refractivity contribution in [2.24, 2.45) is 0 Å². The van der Waals surface area contributed by atoms with Crippen molar-refractivity contribution in [1.82, 2.24) is 0 Å². The van der Waals surface area contributed by atoms with E-state index in [-0.39, 0.29) is 5.41 Å². The van der Waals surface area contributed by atoms with Crippen LogP contribution in [0.15, 0.2) is 270 Å². The van der Waals surface area contributed by atoms with E-state index in [0.29, 0.717) is 0 Å². The van der Waals surface area contributed by atoms with Crippen LogP contribution in [0.25, 0.3) is 99.2 Å². The average Bonchev–Trinajstić information content (AvgIpc) is 4.22. The first-order valence-electron chi connectivity index (χ1n) is 26.7. The summed E-state index contributed by atoms with van der Waals surface area (Å²) in [6.07, 6.45) is 0. The molecule has 0 bridgehead atoms. The van der Waals surface area contributed by atoms with Crippen molar-refractivity contribution < 1.29 is 8.83 Å². The molecular weight excluding hydrogens is 935 g/mol. The molecule has 0 atom stereocenters. The van der Waals surface area contributed by atoms with Gasteiger partial charge in [0.25, 0.3) is 0 Å². The number of para-hydroxylation sites is 2. The number of rotatable bonds is 7. The fraction of sp³-hybridized carbons (Fsp3) is 0.0541. The quantitative estimate of drug-likeness (QED) is 0.159. The van der Waals surface area contributed by atoms with Crippen LogP contribution in [-0.2, 0) is 10.8 Å². The first-order valence-corrected chi connectivity index (χ1v) is 26.7. The first kappa shape index (κ1) is 43.7. The second-order valence-electron chi connectivity index (χ2n) is 21.5. The van der Waals surface area contributed by atoms with Crippen molar-refractivity contribution in [3.05, 3.63) is 294 Å². The Morgan fingerprint density at radius 1 is 0.338 bits per heavy atom. The van der Waals surface area contributed by atoms with E-state index in [1.165, 1.54) is 66.4 Å². The Kier molecular flexibility index (Phi) is 9.30. The SMILES string of the molecule is CC1(C)c2ccccc2-c2ccc(-c3ccc(N(c4ccc(-c5ccc6ccccc6c5)cc4)c4cc5c(c6c4oc4ccccc46)-c4c(ccc6c4oc4ccccc46)C5(c4ccccc4)c4ccccc4)cc3)cc21. The molecule has 2 aliphatic rings. The van der Waals surface area contributed by atoms with Crippen molar-refractivity contribution in [3.63, 3.8) is 0 Å². The molecule has 2 aliphatic carbocycles. The van der Waals surface area contributed by atoms with Gasteiger partial charge in [-0.05, 0) is 132 Å². The van der Waals surface area contributed by atoms with Gasteiger partial charge in [-0.2, -0.15) is 0 Å². The Morgan fingerprint density at radius 3 is 1.60 bits per heavy atom. The van der Waals surface area contributed by atoms with E-state index in [4.69, 9.17) is 8.83 Å². The van der Waals surface area contributed by atoms with Gasteiger partial charge in [0.1, 0.15) is 16.7 Å². The Bertz CT molecular complexity index is 4650. The van der Waals surface area contributed by atoms with Crippen LogP contribution in [0.1, 0.15) is 47.2 Å². The van der Waals surface area contributed by atoms with Crippen molar-refractivity contribution in [1.29, 1.82) is 0 Å². The van der Waals surface area contributed by atoms with Gasteiger partial charge >= 0.3 is 0 Å². The highest BCUT2D eigenvalue weighted by molar-refractivity contribution is 6.23. The van der Waals surface area contributed by atoms with Gasteiger partial charge in [-0.25, -0.2) is 0 Å².